The molecule has 1 heteroatoms. The lowest BCUT2D eigenvalue weighted by molar-refractivity contribution is -0.0533. The van der Waals surface area contributed by atoms with Gasteiger partial charge in [-0.05, 0) is 32.6 Å². The van der Waals surface area contributed by atoms with Crippen LogP contribution in [0.25, 0.3) is 0 Å². The first-order valence-electron chi connectivity index (χ1n) is 7.22. The van der Waals surface area contributed by atoms with Gasteiger partial charge in [-0.1, -0.05) is 58.8 Å². The lowest BCUT2D eigenvalue weighted by Crippen LogP contribution is -2.29. The van der Waals surface area contributed by atoms with E-state index in [9.17, 15) is 5.11 Å². The van der Waals surface area contributed by atoms with Crippen LogP contribution in [0.5, 0.6) is 0 Å². The number of hydrogen-bond acceptors (Lipinski definition) is 0. The zero-order valence-corrected chi connectivity index (χ0v) is 11.8. The summed E-state index contributed by atoms with van der Waals surface area (Å²) in [6.07, 6.45) is 11.4. The zero-order chi connectivity index (χ0) is 12.4. The van der Waals surface area contributed by atoms with E-state index in [-0.39, 0.29) is 0 Å². The summed E-state index contributed by atoms with van der Waals surface area (Å²) in [5.74, 6) is 0.378. The quantitative estimate of drug-likeness (QED) is 0.448. The lowest BCUT2D eigenvalue weighted by Gasteiger charge is -2.26. The zero-order valence-electron chi connectivity index (χ0n) is 11.8. The van der Waals surface area contributed by atoms with Gasteiger partial charge in [0.15, 0.2) is 0 Å². The van der Waals surface area contributed by atoms with Gasteiger partial charge in [-0.15, -0.1) is 0 Å². The summed E-state index contributed by atoms with van der Waals surface area (Å²) >= 11 is 0. The van der Waals surface area contributed by atoms with Gasteiger partial charge in [0.25, 0.3) is 0 Å². The van der Waals surface area contributed by atoms with Crippen molar-refractivity contribution in [1.82, 2.24) is 0 Å². The van der Waals surface area contributed by atoms with Gasteiger partial charge in [-0.3, -0.25) is 0 Å². The minimum absolute atomic E-state index is 0.378. The minimum Gasteiger partial charge on any atom is -0.230 e. The molecule has 1 atom stereocenters. The van der Waals surface area contributed by atoms with Crippen molar-refractivity contribution in [3.63, 3.8) is 0 Å². The Morgan fingerprint density at radius 3 is 1.88 bits per heavy atom. The maximum absolute atomic E-state index is 12.0. The highest BCUT2D eigenvalue weighted by atomic mass is 16.3. The van der Waals surface area contributed by atoms with Crippen LogP contribution in [0.4, 0.5) is 0 Å². The van der Waals surface area contributed by atoms with E-state index in [0.29, 0.717) is 5.92 Å². The third-order valence-electron chi connectivity index (χ3n) is 3.53. The van der Waals surface area contributed by atoms with Crippen molar-refractivity contribution in [1.29, 1.82) is 0 Å². The third-order valence-corrected chi connectivity index (χ3v) is 3.53. The molecule has 0 aromatic rings. The number of hydrogen-bond donors (Lipinski definition) is 0. The molecule has 16 heavy (non-hydrogen) atoms. The molecule has 1 unspecified atom stereocenters. The van der Waals surface area contributed by atoms with Gasteiger partial charge in [0.2, 0.25) is 0 Å². The second-order valence-electron chi connectivity index (χ2n) is 5.65. The molecular formula is C15H31O. The van der Waals surface area contributed by atoms with Gasteiger partial charge >= 0.3 is 0 Å². The molecule has 1 radical (unpaired) electrons. The van der Waals surface area contributed by atoms with Crippen molar-refractivity contribution in [2.45, 2.75) is 91.1 Å². The van der Waals surface area contributed by atoms with Crippen LogP contribution in [-0.4, -0.2) is 5.60 Å². The van der Waals surface area contributed by atoms with Gasteiger partial charge in [0.1, 0.15) is 5.60 Å². The third kappa shape index (κ3) is 8.15. The fourth-order valence-electron chi connectivity index (χ4n) is 2.36. The summed E-state index contributed by atoms with van der Waals surface area (Å²) in [5.41, 5.74) is -0.737. The highest BCUT2D eigenvalue weighted by Gasteiger charge is 2.27. The van der Waals surface area contributed by atoms with Crippen molar-refractivity contribution in [2.75, 3.05) is 0 Å². The van der Waals surface area contributed by atoms with Gasteiger partial charge < -0.3 is 0 Å². The number of rotatable bonds is 10. The van der Waals surface area contributed by atoms with E-state index in [1.807, 2.05) is 13.8 Å². The Hall–Kier alpha value is -0.0400. The second-order valence-corrected chi connectivity index (χ2v) is 5.65. The molecule has 0 aliphatic carbocycles. The maximum atomic E-state index is 12.0. The van der Waals surface area contributed by atoms with Crippen molar-refractivity contribution in [2.24, 2.45) is 5.92 Å². The topological polar surface area (TPSA) is 19.9 Å². The maximum Gasteiger partial charge on any atom is 0.101 e. The Kier molecular flexibility index (Phi) is 9.02. The molecule has 0 aliphatic heterocycles. The van der Waals surface area contributed by atoms with Gasteiger partial charge in [0.05, 0.1) is 0 Å². The fourth-order valence-corrected chi connectivity index (χ4v) is 2.36. The molecule has 0 aromatic heterocycles. The highest BCUT2D eigenvalue weighted by Crippen LogP contribution is 2.27. The molecule has 97 valence electrons. The van der Waals surface area contributed by atoms with Crippen LogP contribution < -0.4 is 0 Å². The van der Waals surface area contributed by atoms with E-state index < -0.39 is 5.60 Å². The summed E-state index contributed by atoms with van der Waals surface area (Å²) in [5, 5.41) is 12.0. The molecule has 0 amide bonds. The molecular weight excluding hydrogens is 196 g/mol. The summed E-state index contributed by atoms with van der Waals surface area (Å²) in [6.45, 7) is 8.13. The van der Waals surface area contributed by atoms with Crippen LogP contribution >= 0.6 is 0 Å². The Bertz CT molecular complexity index is 146. The molecule has 0 fully saturated rings. The summed E-state index contributed by atoms with van der Waals surface area (Å²) in [6, 6.07) is 0. The Morgan fingerprint density at radius 1 is 0.812 bits per heavy atom. The van der Waals surface area contributed by atoms with Gasteiger partial charge in [0, 0.05) is 0 Å². The molecule has 0 heterocycles. The van der Waals surface area contributed by atoms with Crippen molar-refractivity contribution in [3.8, 4) is 0 Å². The first-order chi connectivity index (χ1) is 7.52. The van der Waals surface area contributed by atoms with Crippen LogP contribution in [-0.2, 0) is 5.11 Å². The van der Waals surface area contributed by atoms with Gasteiger partial charge in [-0.2, -0.15) is 0 Å². The largest absolute Gasteiger partial charge is 0.230 e. The van der Waals surface area contributed by atoms with E-state index in [4.69, 9.17) is 0 Å². The highest BCUT2D eigenvalue weighted by molar-refractivity contribution is 4.76. The van der Waals surface area contributed by atoms with E-state index in [1.165, 1.54) is 38.5 Å². The lowest BCUT2D eigenvalue weighted by atomic mass is 9.83. The monoisotopic (exact) mass is 227 g/mol. The Labute approximate surface area is 103 Å². The molecule has 0 bridgehead atoms. The Balaban J connectivity index is 3.61. The number of unbranched alkanes of at least 4 members (excludes halogenated alkanes) is 5. The molecule has 0 saturated heterocycles. The predicted octanol–water partition coefficient (Wildman–Crippen LogP) is 5.36. The molecule has 1 nitrogen and oxygen atoms in total. The predicted molar refractivity (Wildman–Crippen MR) is 71.2 cm³/mol. The van der Waals surface area contributed by atoms with E-state index >= 15 is 0 Å². The summed E-state index contributed by atoms with van der Waals surface area (Å²) in [4.78, 5) is 0. The van der Waals surface area contributed by atoms with Crippen molar-refractivity contribution in [3.05, 3.63) is 0 Å². The average molecular weight is 227 g/mol. The fraction of sp³-hybridized carbons (Fsp3) is 1.00. The molecule has 0 spiro atoms. The molecule has 0 aromatic carbocycles. The standard InChI is InChI=1S/C15H31O/c1-5-7-8-9-10-11-13-14(12-6-2)15(3,4)16/h14H,5-13H2,1-4H3. The second kappa shape index (κ2) is 9.04. The van der Waals surface area contributed by atoms with Crippen LogP contribution in [0.15, 0.2) is 0 Å². The van der Waals surface area contributed by atoms with Crippen LogP contribution in [0, 0.1) is 5.92 Å². The van der Waals surface area contributed by atoms with Crippen molar-refractivity contribution < 1.29 is 5.11 Å². The van der Waals surface area contributed by atoms with Gasteiger partial charge in [-0.25, -0.2) is 5.11 Å². The molecule has 0 N–H and O–H groups in total. The summed E-state index contributed by atoms with van der Waals surface area (Å²) in [7, 11) is 0. The minimum atomic E-state index is -0.737. The van der Waals surface area contributed by atoms with Crippen LogP contribution in [0.3, 0.4) is 0 Å². The van der Waals surface area contributed by atoms with Crippen molar-refractivity contribution >= 4 is 0 Å². The average Bonchev–Trinajstić information content (AvgIpc) is 2.20. The van der Waals surface area contributed by atoms with E-state index in [1.54, 1.807) is 0 Å². The van der Waals surface area contributed by atoms with Crippen LogP contribution in [0.1, 0.15) is 85.5 Å². The van der Waals surface area contributed by atoms with E-state index in [0.717, 1.165) is 19.3 Å². The Morgan fingerprint density at radius 2 is 1.38 bits per heavy atom. The first-order valence-corrected chi connectivity index (χ1v) is 7.22. The molecule has 0 rings (SSSR count). The van der Waals surface area contributed by atoms with Crippen LogP contribution in [0.2, 0.25) is 0 Å². The smallest absolute Gasteiger partial charge is 0.101 e. The molecule has 0 saturated carbocycles. The first kappa shape index (κ1) is 16.0. The normalized spacial score (nSPS) is 14.1. The summed E-state index contributed by atoms with van der Waals surface area (Å²) < 4.78 is 0. The molecule has 0 aliphatic rings. The SMILES string of the molecule is CCCCCCCCC(CCC)C(C)(C)[O]. The van der Waals surface area contributed by atoms with E-state index in [2.05, 4.69) is 13.8 Å².